The molecule has 1 aliphatic carbocycles. The fourth-order valence-corrected chi connectivity index (χ4v) is 1.51. The van der Waals surface area contributed by atoms with Crippen molar-refractivity contribution in [1.29, 1.82) is 0 Å². The molecule has 0 bridgehead atoms. The van der Waals surface area contributed by atoms with Gasteiger partial charge in [-0.15, -0.1) is 0 Å². The molecule has 4 nitrogen and oxygen atoms in total. The highest BCUT2D eigenvalue weighted by Crippen LogP contribution is 2.47. The molecule has 0 unspecified atom stereocenters. The number of carbonyl (C=O) groups is 1. The first-order chi connectivity index (χ1) is 6.33. The van der Waals surface area contributed by atoms with Crippen LogP contribution >= 0.6 is 0 Å². The minimum absolute atomic E-state index is 0.0447. The van der Waals surface area contributed by atoms with Gasteiger partial charge in [-0.3, -0.25) is 4.79 Å². The van der Waals surface area contributed by atoms with Crippen LogP contribution in [0.2, 0.25) is 0 Å². The van der Waals surface area contributed by atoms with Crippen molar-refractivity contribution in [3.05, 3.63) is 18.2 Å². The van der Waals surface area contributed by atoms with Gasteiger partial charge in [0.25, 0.3) is 0 Å². The summed E-state index contributed by atoms with van der Waals surface area (Å²) in [6.45, 7) is 2.28. The zero-order valence-electron chi connectivity index (χ0n) is 7.49. The minimum atomic E-state index is -0.0875. The van der Waals surface area contributed by atoms with Crippen LogP contribution in [-0.4, -0.2) is 22.5 Å². The predicted molar refractivity (Wildman–Crippen MR) is 46.1 cm³/mol. The highest BCUT2D eigenvalue weighted by Gasteiger charge is 2.46. The Morgan fingerprint density at radius 3 is 3.31 bits per heavy atom. The lowest BCUT2D eigenvalue weighted by Gasteiger charge is -1.98. The summed E-state index contributed by atoms with van der Waals surface area (Å²) in [6, 6.07) is 0. The third kappa shape index (κ3) is 1.56. The third-order valence-corrected chi connectivity index (χ3v) is 2.28. The van der Waals surface area contributed by atoms with E-state index in [1.54, 1.807) is 6.33 Å². The Kier molecular flexibility index (Phi) is 2.04. The first-order valence-electron chi connectivity index (χ1n) is 4.48. The van der Waals surface area contributed by atoms with Crippen molar-refractivity contribution in [2.45, 2.75) is 19.3 Å². The number of nitrogens with one attached hydrogen (secondary N) is 1. The van der Waals surface area contributed by atoms with Crippen LogP contribution in [0.25, 0.3) is 0 Å². The number of nitrogens with zero attached hydrogens (tertiary/aromatic N) is 1. The first kappa shape index (κ1) is 8.29. The molecule has 0 radical (unpaired) electrons. The zero-order chi connectivity index (χ0) is 9.26. The van der Waals surface area contributed by atoms with Gasteiger partial charge in [0.2, 0.25) is 0 Å². The Hall–Kier alpha value is -1.32. The van der Waals surface area contributed by atoms with Crippen LogP contribution in [0.5, 0.6) is 0 Å². The molecule has 1 aliphatic rings. The lowest BCUT2D eigenvalue weighted by Crippen LogP contribution is -2.07. The fourth-order valence-electron chi connectivity index (χ4n) is 1.51. The summed E-state index contributed by atoms with van der Waals surface area (Å²) in [5, 5.41) is 0. The van der Waals surface area contributed by atoms with E-state index in [1.807, 2.05) is 13.1 Å². The van der Waals surface area contributed by atoms with Gasteiger partial charge in [-0.25, -0.2) is 4.98 Å². The number of H-pyrrole nitrogens is 1. The summed E-state index contributed by atoms with van der Waals surface area (Å²) in [5.74, 6) is 0.240. The summed E-state index contributed by atoms with van der Waals surface area (Å²) in [5.41, 5.74) is 0.970. The second kappa shape index (κ2) is 3.20. The normalized spacial score (nSPS) is 25.6. The van der Waals surface area contributed by atoms with E-state index < -0.39 is 0 Å². The number of aromatic nitrogens is 2. The van der Waals surface area contributed by atoms with Crippen molar-refractivity contribution < 1.29 is 9.53 Å². The average Bonchev–Trinajstić information content (AvgIpc) is 2.74. The Morgan fingerprint density at radius 2 is 2.69 bits per heavy atom. The molecule has 70 valence electrons. The number of hydrogen-bond acceptors (Lipinski definition) is 3. The van der Waals surface area contributed by atoms with Gasteiger partial charge >= 0.3 is 5.97 Å². The Balaban J connectivity index is 1.92. The molecule has 1 saturated carbocycles. The maximum atomic E-state index is 11.3. The second-order valence-corrected chi connectivity index (χ2v) is 3.19. The average molecular weight is 180 g/mol. The van der Waals surface area contributed by atoms with Crippen molar-refractivity contribution in [1.82, 2.24) is 9.97 Å². The van der Waals surface area contributed by atoms with E-state index in [-0.39, 0.29) is 17.8 Å². The molecule has 2 atom stereocenters. The number of imidazole rings is 1. The molecule has 1 heterocycles. The van der Waals surface area contributed by atoms with Crippen LogP contribution in [0.3, 0.4) is 0 Å². The summed E-state index contributed by atoms with van der Waals surface area (Å²) in [6.07, 6.45) is 4.35. The van der Waals surface area contributed by atoms with Crippen LogP contribution in [-0.2, 0) is 9.53 Å². The lowest BCUT2D eigenvalue weighted by molar-refractivity contribution is -0.144. The van der Waals surface area contributed by atoms with Gasteiger partial charge in [-0.05, 0) is 13.3 Å². The van der Waals surface area contributed by atoms with Gasteiger partial charge in [-0.2, -0.15) is 0 Å². The molecule has 0 saturated heterocycles. The molecule has 0 aliphatic heterocycles. The highest BCUT2D eigenvalue weighted by atomic mass is 16.5. The second-order valence-electron chi connectivity index (χ2n) is 3.19. The van der Waals surface area contributed by atoms with Crippen molar-refractivity contribution in [3.63, 3.8) is 0 Å². The van der Waals surface area contributed by atoms with Gasteiger partial charge in [-0.1, -0.05) is 0 Å². The number of esters is 1. The van der Waals surface area contributed by atoms with E-state index in [0.29, 0.717) is 6.61 Å². The molecule has 2 rings (SSSR count). The van der Waals surface area contributed by atoms with Crippen LogP contribution in [0.15, 0.2) is 12.5 Å². The molecular formula is C9H12N2O2. The number of rotatable bonds is 3. The maximum Gasteiger partial charge on any atom is 0.309 e. The summed E-state index contributed by atoms with van der Waals surface area (Å²) in [7, 11) is 0. The monoisotopic (exact) mass is 180 g/mol. The SMILES string of the molecule is CCOC(=O)[C@@H]1C[C@H]1c1c[nH]cn1. The molecule has 0 aromatic carbocycles. The van der Waals surface area contributed by atoms with Gasteiger partial charge in [0.1, 0.15) is 0 Å². The van der Waals surface area contributed by atoms with Crippen LogP contribution < -0.4 is 0 Å². The number of ether oxygens (including phenoxy) is 1. The number of hydrogen-bond donors (Lipinski definition) is 1. The Labute approximate surface area is 76.3 Å². The zero-order valence-corrected chi connectivity index (χ0v) is 7.49. The third-order valence-electron chi connectivity index (χ3n) is 2.28. The number of aromatic amines is 1. The largest absolute Gasteiger partial charge is 0.466 e. The summed E-state index contributed by atoms with van der Waals surface area (Å²) >= 11 is 0. The van der Waals surface area contributed by atoms with E-state index in [2.05, 4.69) is 9.97 Å². The molecular weight excluding hydrogens is 168 g/mol. The summed E-state index contributed by atoms with van der Waals surface area (Å²) < 4.78 is 4.92. The van der Waals surface area contributed by atoms with Crippen LogP contribution in [0.1, 0.15) is 25.0 Å². The quantitative estimate of drug-likeness (QED) is 0.708. The molecule has 1 fully saturated rings. The lowest BCUT2D eigenvalue weighted by atomic mass is 10.2. The van der Waals surface area contributed by atoms with E-state index in [9.17, 15) is 4.79 Å². The fraction of sp³-hybridized carbons (Fsp3) is 0.556. The highest BCUT2D eigenvalue weighted by molar-refractivity contribution is 5.77. The van der Waals surface area contributed by atoms with Gasteiger partial charge < -0.3 is 9.72 Å². The standard InChI is InChI=1S/C9H12N2O2/c1-2-13-9(12)7-3-6(7)8-4-10-5-11-8/h4-7H,2-3H2,1H3,(H,10,11)/t6-,7-/m1/s1. The molecule has 1 aromatic rings. The van der Waals surface area contributed by atoms with E-state index >= 15 is 0 Å². The van der Waals surface area contributed by atoms with E-state index in [4.69, 9.17) is 4.74 Å². The predicted octanol–water partition coefficient (Wildman–Crippen LogP) is 1.08. The van der Waals surface area contributed by atoms with Gasteiger partial charge in [0.05, 0.1) is 24.5 Å². The molecule has 1 N–H and O–H groups in total. The molecule has 0 amide bonds. The maximum absolute atomic E-state index is 11.3. The van der Waals surface area contributed by atoms with Crippen molar-refractivity contribution >= 4 is 5.97 Å². The Morgan fingerprint density at radius 1 is 1.85 bits per heavy atom. The topological polar surface area (TPSA) is 55.0 Å². The van der Waals surface area contributed by atoms with E-state index in [0.717, 1.165) is 12.1 Å². The smallest absolute Gasteiger partial charge is 0.309 e. The van der Waals surface area contributed by atoms with Crippen molar-refractivity contribution in [2.24, 2.45) is 5.92 Å². The van der Waals surface area contributed by atoms with Gasteiger partial charge in [0.15, 0.2) is 0 Å². The minimum Gasteiger partial charge on any atom is -0.466 e. The first-order valence-corrected chi connectivity index (χ1v) is 4.48. The Bertz CT molecular complexity index is 295. The molecule has 1 aromatic heterocycles. The van der Waals surface area contributed by atoms with E-state index in [1.165, 1.54) is 0 Å². The molecule has 4 heteroatoms. The summed E-state index contributed by atoms with van der Waals surface area (Å²) in [4.78, 5) is 18.2. The van der Waals surface area contributed by atoms with Crippen molar-refractivity contribution in [2.75, 3.05) is 6.61 Å². The number of carbonyl (C=O) groups excluding carboxylic acids is 1. The molecule has 13 heavy (non-hydrogen) atoms. The van der Waals surface area contributed by atoms with Crippen LogP contribution in [0.4, 0.5) is 0 Å². The van der Waals surface area contributed by atoms with Crippen LogP contribution in [0, 0.1) is 5.92 Å². The van der Waals surface area contributed by atoms with Crippen molar-refractivity contribution in [3.8, 4) is 0 Å². The van der Waals surface area contributed by atoms with Gasteiger partial charge in [0, 0.05) is 12.1 Å². The molecule has 0 spiro atoms.